The smallest absolute Gasteiger partial charge is 0.276 e. The maximum atomic E-state index is 12.0. The van der Waals surface area contributed by atoms with E-state index < -0.39 is 5.91 Å². The fraction of sp³-hybridized carbons (Fsp3) is 0.143. The Bertz CT molecular complexity index is 596. The Hall–Kier alpha value is -2.18. The number of hydrogen-bond acceptors (Lipinski definition) is 4. The minimum atomic E-state index is -0.395. The van der Waals surface area contributed by atoms with E-state index in [9.17, 15) is 9.59 Å². The molecule has 20 heavy (non-hydrogen) atoms. The van der Waals surface area contributed by atoms with Gasteiger partial charge in [-0.2, -0.15) is 0 Å². The highest BCUT2D eigenvalue weighted by atomic mass is 32.1. The first-order chi connectivity index (χ1) is 9.72. The highest BCUT2D eigenvalue weighted by Crippen LogP contribution is 2.17. The second-order valence-corrected chi connectivity index (χ2v) is 4.79. The van der Waals surface area contributed by atoms with Crippen LogP contribution >= 0.6 is 11.3 Å². The van der Waals surface area contributed by atoms with Crippen LogP contribution in [0.25, 0.3) is 0 Å². The maximum Gasteiger partial charge on any atom is 0.276 e. The van der Waals surface area contributed by atoms with E-state index in [2.05, 4.69) is 10.8 Å². The Labute approximate surface area is 120 Å². The average molecular weight is 290 g/mol. The van der Waals surface area contributed by atoms with Crippen molar-refractivity contribution in [3.05, 3.63) is 52.2 Å². The van der Waals surface area contributed by atoms with Crippen molar-refractivity contribution < 1.29 is 14.4 Å². The minimum Gasteiger partial charge on any atom is -0.321 e. The number of benzene rings is 1. The summed E-state index contributed by atoms with van der Waals surface area (Å²) in [5.74, 6) is -0.634. The van der Waals surface area contributed by atoms with E-state index >= 15 is 0 Å². The number of anilines is 1. The molecule has 5 nitrogen and oxygen atoms in total. The van der Waals surface area contributed by atoms with Crippen molar-refractivity contribution in [3.63, 3.8) is 0 Å². The van der Waals surface area contributed by atoms with Gasteiger partial charge in [0.05, 0.1) is 22.7 Å². The second-order valence-electron chi connectivity index (χ2n) is 3.84. The van der Waals surface area contributed by atoms with Gasteiger partial charge < -0.3 is 5.32 Å². The first-order valence-corrected chi connectivity index (χ1v) is 6.96. The largest absolute Gasteiger partial charge is 0.321 e. The highest BCUT2D eigenvalue weighted by Gasteiger charge is 2.14. The summed E-state index contributed by atoms with van der Waals surface area (Å²) in [5, 5.41) is 4.55. The number of thiophene rings is 1. The van der Waals surface area contributed by atoms with Crippen LogP contribution in [0.2, 0.25) is 0 Å². The Morgan fingerprint density at radius 1 is 1.15 bits per heavy atom. The molecule has 0 aliphatic heterocycles. The van der Waals surface area contributed by atoms with Crippen molar-refractivity contribution in [1.29, 1.82) is 0 Å². The molecule has 2 rings (SSSR count). The summed E-state index contributed by atoms with van der Waals surface area (Å²) in [6.45, 7) is 2.14. The van der Waals surface area contributed by atoms with Crippen molar-refractivity contribution in [2.45, 2.75) is 6.92 Å². The minimum absolute atomic E-state index is 0.239. The third kappa shape index (κ3) is 3.43. The zero-order valence-electron chi connectivity index (χ0n) is 10.9. The number of carbonyl (C=O) groups is 2. The van der Waals surface area contributed by atoms with Crippen molar-refractivity contribution in [1.82, 2.24) is 5.48 Å². The number of amides is 2. The molecule has 0 bridgehead atoms. The lowest BCUT2D eigenvalue weighted by Crippen LogP contribution is -2.25. The molecule has 1 aromatic heterocycles. The van der Waals surface area contributed by atoms with Gasteiger partial charge in [-0.1, -0.05) is 18.2 Å². The van der Waals surface area contributed by atoms with Crippen molar-refractivity contribution >= 4 is 28.8 Å². The van der Waals surface area contributed by atoms with Crippen molar-refractivity contribution in [2.24, 2.45) is 0 Å². The lowest BCUT2D eigenvalue weighted by molar-refractivity contribution is 0.0365. The molecule has 2 N–H and O–H groups in total. The van der Waals surface area contributed by atoms with Crippen LogP contribution in [0.1, 0.15) is 27.0 Å². The Morgan fingerprint density at radius 3 is 2.65 bits per heavy atom. The molecule has 0 fully saturated rings. The molecule has 0 saturated carbocycles. The van der Waals surface area contributed by atoms with Gasteiger partial charge in [-0.25, -0.2) is 5.48 Å². The van der Waals surface area contributed by atoms with Gasteiger partial charge in [0.15, 0.2) is 0 Å². The van der Waals surface area contributed by atoms with Gasteiger partial charge in [-0.3, -0.25) is 14.4 Å². The molecule has 0 aliphatic rings. The molecule has 2 aromatic rings. The Morgan fingerprint density at radius 2 is 1.95 bits per heavy atom. The SMILES string of the molecule is CCONC(=O)c1ccccc1NC(=O)c1cccs1. The molecular formula is C14H14N2O3S. The van der Waals surface area contributed by atoms with E-state index in [4.69, 9.17) is 4.84 Å². The predicted molar refractivity (Wildman–Crippen MR) is 77.8 cm³/mol. The van der Waals surface area contributed by atoms with Crippen molar-refractivity contribution in [3.8, 4) is 0 Å². The molecule has 2 amide bonds. The molecule has 0 unspecified atom stereocenters. The van der Waals surface area contributed by atoms with Gasteiger partial charge >= 0.3 is 0 Å². The topological polar surface area (TPSA) is 67.4 Å². The summed E-state index contributed by atoms with van der Waals surface area (Å²) < 4.78 is 0. The Balaban J connectivity index is 2.15. The van der Waals surface area contributed by atoms with Crippen LogP contribution in [0.4, 0.5) is 5.69 Å². The van der Waals surface area contributed by atoms with Crippen LogP contribution < -0.4 is 10.8 Å². The average Bonchev–Trinajstić information content (AvgIpc) is 2.99. The van der Waals surface area contributed by atoms with Gasteiger partial charge in [0.1, 0.15) is 0 Å². The molecule has 1 heterocycles. The van der Waals surface area contributed by atoms with Crippen molar-refractivity contribution in [2.75, 3.05) is 11.9 Å². The highest BCUT2D eigenvalue weighted by molar-refractivity contribution is 7.12. The van der Waals surface area contributed by atoms with Gasteiger partial charge in [0.2, 0.25) is 0 Å². The van der Waals surface area contributed by atoms with Gasteiger partial charge in [0, 0.05) is 0 Å². The van der Waals surface area contributed by atoms with Crippen LogP contribution in [0.5, 0.6) is 0 Å². The summed E-state index contributed by atoms with van der Waals surface area (Å²) in [6.07, 6.45) is 0. The van der Waals surface area contributed by atoms with E-state index in [0.717, 1.165) is 0 Å². The predicted octanol–water partition coefficient (Wildman–Crippen LogP) is 2.68. The lowest BCUT2D eigenvalue weighted by atomic mass is 10.1. The zero-order chi connectivity index (χ0) is 14.4. The summed E-state index contributed by atoms with van der Waals surface area (Å²) in [4.78, 5) is 29.4. The number of carbonyl (C=O) groups excluding carboxylic acids is 2. The van der Waals surface area contributed by atoms with E-state index in [0.29, 0.717) is 22.7 Å². The monoisotopic (exact) mass is 290 g/mol. The summed E-state index contributed by atoms with van der Waals surface area (Å²) in [5.41, 5.74) is 3.11. The molecule has 0 atom stereocenters. The number of nitrogens with one attached hydrogen (secondary N) is 2. The molecule has 0 aliphatic carbocycles. The van der Waals surface area contributed by atoms with Gasteiger partial charge in [-0.15, -0.1) is 11.3 Å². The quantitative estimate of drug-likeness (QED) is 0.832. The first-order valence-electron chi connectivity index (χ1n) is 6.08. The molecule has 0 saturated heterocycles. The first kappa shape index (κ1) is 14.2. The third-order valence-electron chi connectivity index (χ3n) is 2.47. The molecular weight excluding hydrogens is 276 g/mol. The summed E-state index contributed by atoms with van der Waals surface area (Å²) in [6, 6.07) is 10.3. The maximum absolute atomic E-state index is 12.0. The molecule has 0 radical (unpaired) electrons. The van der Waals surface area contributed by atoms with Gasteiger partial charge in [-0.05, 0) is 30.5 Å². The van der Waals surface area contributed by atoms with E-state index in [1.165, 1.54) is 11.3 Å². The normalized spacial score (nSPS) is 10.1. The van der Waals surface area contributed by atoms with Crippen LogP contribution in [0.15, 0.2) is 41.8 Å². The Kier molecular flexibility index (Phi) is 4.86. The van der Waals surface area contributed by atoms with E-state index in [1.54, 1.807) is 43.3 Å². The van der Waals surface area contributed by atoms with E-state index in [1.807, 2.05) is 5.38 Å². The summed E-state index contributed by atoms with van der Waals surface area (Å²) in [7, 11) is 0. The third-order valence-corrected chi connectivity index (χ3v) is 3.34. The number of para-hydroxylation sites is 1. The lowest BCUT2D eigenvalue weighted by Gasteiger charge is -2.10. The number of rotatable bonds is 5. The van der Waals surface area contributed by atoms with Crippen LogP contribution in [-0.2, 0) is 4.84 Å². The molecule has 6 heteroatoms. The van der Waals surface area contributed by atoms with Crippen LogP contribution in [0.3, 0.4) is 0 Å². The van der Waals surface area contributed by atoms with Crippen LogP contribution in [-0.4, -0.2) is 18.4 Å². The standard InChI is InChI=1S/C14H14N2O3S/c1-2-19-16-13(17)10-6-3-4-7-11(10)15-14(18)12-8-5-9-20-12/h3-9H,2H2,1H3,(H,15,18)(H,16,17). The summed E-state index contributed by atoms with van der Waals surface area (Å²) >= 11 is 1.34. The second kappa shape index (κ2) is 6.83. The van der Waals surface area contributed by atoms with Gasteiger partial charge in [0.25, 0.3) is 11.8 Å². The molecule has 1 aromatic carbocycles. The molecule has 104 valence electrons. The fourth-order valence-electron chi connectivity index (χ4n) is 1.57. The fourth-order valence-corrected chi connectivity index (χ4v) is 2.19. The van der Waals surface area contributed by atoms with E-state index in [-0.39, 0.29) is 5.91 Å². The zero-order valence-corrected chi connectivity index (χ0v) is 11.7. The number of hydroxylamine groups is 1. The van der Waals surface area contributed by atoms with Crippen LogP contribution in [0, 0.1) is 0 Å². The number of hydrogen-bond donors (Lipinski definition) is 2. The molecule has 0 spiro atoms.